The zero-order chi connectivity index (χ0) is 17.9. The van der Waals surface area contributed by atoms with Gasteiger partial charge >= 0.3 is 12.1 Å². The second kappa shape index (κ2) is 6.58. The summed E-state index contributed by atoms with van der Waals surface area (Å²) in [6, 6.07) is -1.14. The van der Waals surface area contributed by atoms with Gasteiger partial charge in [-0.1, -0.05) is 0 Å². The van der Waals surface area contributed by atoms with Crippen molar-refractivity contribution in [2.45, 2.75) is 25.6 Å². The van der Waals surface area contributed by atoms with Crippen molar-refractivity contribution in [1.29, 1.82) is 0 Å². The van der Waals surface area contributed by atoms with Crippen molar-refractivity contribution >= 4 is 17.6 Å². The number of aliphatic carboxylic acids is 1. The molecule has 2 N–H and O–H groups in total. The molecular weight excluding hydrogens is 328 g/mol. The molecule has 1 atom stereocenters. The predicted molar refractivity (Wildman–Crippen MR) is 67.4 cm³/mol. The van der Waals surface area contributed by atoms with Crippen molar-refractivity contribution in [3.8, 4) is 0 Å². The lowest BCUT2D eigenvalue weighted by Crippen LogP contribution is -2.43. The summed E-state index contributed by atoms with van der Waals surface area (Å²) in [7, 11) is 0. The zero-order valence-corrected chi connectivity index (χ0v) is 11.5. The zero-order valence-electron chi connectivity index (χ0n) is 11.5. The van der Waals surface area contributed by atoms with Crippen LogP contribution in [0.2, 0.25) is 0 Å². The summed E-state index contributed by atoms with van der Waals surface area (Å²) in [5.74, 6) is -4.50. The van der Waals surface area contributed by atoms with Gasteiger partial charge in [0.1, 0.15) is 17.4 Å². The lowest BCUT2D eigenvalue weighted by atomic mass is 10.1. The highest BCUT2D eigenvalue weighted by molar-refractivity contribution is 6.00. The summed E-state index contributed by atoms with van der Waals surface area (Å²) >= 11 is 0. The molecule has 0 aromatic heterocycles. The molecule has 0 saturated heterocycles. The number of carbonyl (C=O) groups is 2. The lowest BCUT2D eigenvalue weighted by molar-refractivity contribution is -0.385. The topological polar surface area (TPSA) is 110 Å². The minimum Gasteiger partial charge on any atom is -0.480 e. The molecule has 7 nitrogen and oxygen atoms in total. The van der Waals surface area contributed by atoms with Crippen LogP contribution in [0.25, 0.3) is 0 Å². The molecule has 0 heterocycles. The maximum absolute atomic E-state index is 13.3. The summed E-state index contributed by atoms with van der Waals surface area (Å²) in [4.78, 5) is 32.5. The van der Waals surface area contributed by atoms with E-state index in [4.69, 9.17) is 5.11 Å². The molecule has 0 radical (unpaired) electrons. The molecule has 0 spiro atoms. The van der Waals surface area contributed by atoms with E-state index in [2.05, 4.69) is 0 Å². The van der Waals surface area contributed by atoms with Gasteiger partial charge in [-0.15, -0.1) is 0 Å². The summed E-state index contributed by atoms with van der Waals surface area (Å²) in [6.45, 7) is 1.13. The number of hydrogen-bond donors (Lipinski definition) is 2. The summed E-state index contributed by atoms with van der Waals surface area (Å²) in [6.07, 6.45) is -6.77. The Bertz CT molecular complexity index is 660. The normalized spacial score (nSPS) is 12.6. The van der Waals surface area contributed by atoms with Crippen LogP contribution in [0.4, 0.5) is 23.2 Å². The second-order valence-corrected chi connectivity index (χ2v) is 4.56. The molecule has 0 aliphatic heterocycles. The SMILES string of the molecule is Cc1cc(F)cc(C(=O)NC(CC(F)(F)F)C(=O)O)c1[N+](=O)[O-]. The Morgan fingerprint density at radius 1 is 1.39 bits per heavy atom. The maximum Gasteiger partial charge on any atom is 0.391 e. The van der Waals surface area contributed by atoms with Crippen molar-refractivity contribution in [3.05, 3.63) is 39.2 Å². The number of nitrogens with one attached hydrogen (secondary N) is 1. The van der Waals surface area contributed by atoms with Crippen LogP contribution in [0.1, 0.15) is 22.3 Å². The van der Waals surface area contributed by atoms with Crippen LogP contribution in [0, 0.1) is 22.9 Å². The van der Waals surface area contributed by atoms with Crippen LogP contribution in [-0.4, -0.2) is 34.1 Å². The van der Waals surface area contributed by atoms with Crippen molar-refractivity contribution in [2.24, 2.45) is 0 Å². The number of halogens is 4. The van der Waals surface area contributed by atoms with Gasteiger partial charge in [-0.2, -0.15) is 13.2 Å². The molecule has 1 aromatic rings. The van der Waals surface area contributed by atoms with Gasteiger partial charge in [0.15, 0.2) is 0 Å². The summed E-state index contributed by atoms with van der Waals surface area (Å²) in [5, 5.41) is 21.1. The average molecular weight is 338 g/mol. The molecule has 23 heavy (non-hydrogen) atoms. The lowest BCUT2D eigenvalue weighted by Gasteiger charge is -2.16. The first-order valence-corrected chi connectivity index (χ1v) is 5.97. The van der Waals surface area contributed by atoms with Gasteiger partial charge in [0.05, 0.1) is 11.3 Å². The van der Waals surface area contributed by atoms with Gasteiger partial charge in [-0.25, -0.2) is 9.18 Å². The number of alkyl halides is 3. The first-order valence-electron chi connectivity index (χ1n) is 5.97. The van der Waals surface area contributed by atoms with Gasteiger partial charge in [0.2, 0.25) is 0 Å². The highest BCUT2D eigenvalue weighted by Gasteiger charge is 2.37. The molecule has 1 aromatic carbocycles. The van der Waals surface area contributed by atoms with E-state index >= 15 is 0 Å². The number of carboxylic acid groups (broad SMARTS) is 1. The van der Waals surface area contributed by atoms with E-state index in [1.807, 2.05) is 0 Å². The predicted octanol–water partition coefficient (Wildman–Crippen LogP) is 2.18. The van der Waals surface area contributed by atoms with E-state index < -0.39 is 52.5 Å². The fraction of sp³-hybridized carbons (Fsp3) is 0.333. The van der Waals surface area contributed by atoms with Crippen molar-refractivity contribution in [3.63, 3.8) is 0 Å². The number of benzene rings is 1. The number of rotatable bonds is 5. The van der Waals surface area contributed by atoms with Crippen LogP contribution in [0.15, 0.2) is 12.1 Å². The third-order valence-electron chi connectivity index (χ3n) is 2.73. The number of amides is 1. The monoisotopic (exact) mass is 338 g/mol. The molecule has 0 bridgehead atoms. The van der Waals surface area contributed by atoms with Gasteiger partial charge in [0.25, 0.3) is 11.6 Å². The van der Waals surface area contributed by atoms with Gasteiger partial charge < -0.3 is 10.4 Å². The highest BCUT2D eigenvalue weighted by atomic mass is 19.4. The number of carbonyl (C=O) groups excluding carboxylic acids is 1. The standard InChI is InChI=1S/C12H10F4N2O5/c1-5-2-6(13)3-7(9(5)18(22)23)10(19)17-8(11(20)21)4-12(14,15)16/h2-3,8H,4H2,1H3,(H,17,19)(H,20,21). The summed E-state index contributed by atoms with van der Waals surface area (Å²) in [5.41, 5.74) is -1.91. The fourth-order valence-corrected chi connectivity index (χ4v) is 1.82. The molecule has 11 heteroatoms. The van der Waals surface area contributed by atoms with Crippen LogP contribution in [0.5, 0.6) is 0 Å². The molecule has 0 fully saturated rings. The van der Waals surface area contributed by atoms with Crippen LogP contribution in [-0.2, 0) is 4.79 Å². The Balaban J connectivity index is 3.19. The first kappa shape index (κ1) is 18.3. The highest BCUT2D eigenvalue weighted by Crippen LogP contribution is 2.26. The van der Waals surface area contributed by atoms with Crippen molar-refractivity contribution in [1.82, 2.24) is 5.32 Å². The van der Waals surface area contributed by atoms with Gasteiger partial charge in [-0.3, -0.25) is 14.9 Å². The largest absolute Gasteiger partial charge is 0.480 e. The van der Waals surface area contributed by atoms with E-state index in [0.29, 0.717) is 6.07 Å². The smallest absolute Gasteiger partial charge is 0.391 e. The van der Waals surface area contributed by atoms with Crippen molar-refractivity contribution in [2.75, 3.05) is 0 Å². The Hall–Kier alpha value is -2.72. The Morgan fingerprint density at radius 2 is 1.96 bits per heavy atom. The molecule has 0 aliphatic rings. The molecule has 0 aliphatic carbocycles. The van der Waals surface area contributed by atoms with Crippen molar-refractivity contribution < 1.29 is 37.2 Å². The third-order valence-corrected chi connectivity index (χ3v) is 2.73. The maximum atomic E-state index is 13.3. The quantitative estimate of drug-likeness (QED) is 0.486. The number of aryl methyl sites for hydroxylation is 1. The number of hydrogen-bond acceptors (Lipinski definition) is 4. The van der Waals surface area contributed by atoms with E-state index in [9.17, 15) is 37.3 Å². The average Bonchev–Trinajstić information content (AvgIpc) is 2.34. The Labute approximate surface area is 126 Å². The van der Waals surface area contributed by atoms with Gasteiger partial charge in [-0.05, 0) is 19.1 Å². The number of nitrogens with zero attached hydrogens (tertiary/aromatic N) is 1. The summed E-state index contributed by atoms with van der Waals surface area (Å²) < 4.78 is 50.1. The molecule has 1 unspecified atom stereocenters. The Morgan fingerprint density at radius 3 is 2.39 bits per heavy atom. The molecular formula is C12H10F4N2O5. The fourth-order valence-electron chi connectivity index (χ4n) is 1.82. The molecule has 126 valence electrons. The molecule has 1 rings (SSSR count). The number of nitro groups is 1. The number of carboxylic acids is 1. The molecule has 1 amide bonds. The first-order chi connectivity index (χ1) is 10.4. The third kappa shape index (κ3) is 4.90. The van der Waals surface area contributed by atoms with Gasteiger partial charge in [0, 0.05) is 5.56 Å². The van der Waals surface area contributed by atoms with Crippen LogP contribution >= 0.6 is 0 Å². The minimum absolute atomic E-state index is 0.233. The van der Waals surface area contributed by atoms with Crippen LogP contribution < -0.4 is 5.32 Å². The van der Waals surface area contributed by atoms with E-state index in [1.165, 1.54) is 5.32 Å². The Kier molecular flexibility index (Phi) is 5.25. The molecule has 0 saturated carbocycles. The van der Waals surface area contributed by atoms with E-state index in [0.717, 1.165) is 13.0 Å². The second-order valence-electron chi connectivity index (χ2n) is 4.56. The minimum atomic E-state index is -4.89. The van der Waals surface area contributed by atoms with E-state index in [-0.39, 0.29) is 5.56 Å². The number of nitro benzene ring substituents is 1. The van der Waals surface area contributed by atoms with E-state index in [1.54, 1.807) is 0 Å². The van der Waals surface area contributed by atoms with Crippen LogP contribution in [0.3, 0.4) is 0 Å².